The van der Waals surface area contributed by atoms with E-state index in [1.54, 1.807) is 12.1 Å². The highest BCUT2D eigenvalue weighted by molar-refractivity contribution is 6.30. The molecule has 1 rings (SSSR count). The Kier molecular flexibility index (Phi) is 4.04. The molecule has 0 aromatic heterocycles. The molecule has 0 bridgehead atoms. The zero-order valence-electron chi connectivity index (χ0n) is 7.84. The number of carbonyl (C=O) groups is 1. The highest BCUT2D eigenvalue weighted by atomic mass is 35.5. The van der Waals surface area contributed by atoms with Gasteiger partial charge in [-0.1, -0.05) is 17.7 Å². The van der Waals surface area contributed by atoms with Crippen molar-refractivity contribution in [3.63, 3.8) is 0 Å². The first-order valence-electron chi connectivity index (χ1n) is 4.19. The molecule has 0 aliphatic heterocycles. The average molecular weight is 216 g/mol. The quantitative estimate of drug-likeness (QED) is 0.717. The average Bonchev–Trinajstić information content (AvgIpc) is 2.12. The molecule has 4 heteroatoms. The molecule has 2 nitrogen and oxygen atoms in total. The largest absolute Gasteiger partial charge is 0.302 e. The number of nitrogens with zero attached hydrogens (tertiary/aromatic N) is 1. The van der Waals surface area contributed by atoms with E-state index in [9.17, 15) is 9.18 Å². The highest BCUT2D eigenvalue weighted by Gasteiger charge is 2.03. The third kappa shape index (κ3) is 3.09. The van der Waals surface area contributed by atoms with Crippen LogP contribution in [0, 0.1) is 5.82 Å². The molecule has 1 aromatic carbocycles. The van der Waals surface area contributed by atoms with Crippen molar-refractivity contribution in [1.29, 1.82) is 0 Å². The summed E-state index contributed by atoms with van der Waals surface area (Å²) in [6.45, 7) is 0.938. The molecular formula is C10H11ClFNO. The van der Waals surface area contributed by atoms with Gasteiger partial charge in [-0.2, -0.15) is 0 Å². The summed E-state index contributed by atoms with van der Waals surface area (Å²) in [5.74, 6) is -0.423. The van der Waals surface area contributed by atoms with Gasteiger partial charge in [0.2, 0.25) is 0 Å². The molecule has 0 heterocycles. The van der Waals surface area contributed by atoms with Crippen LogP contribution in [0.4, 0.5) is 4.39 Å². The Balaban J connectivity index is 2.67. The normalized spacial score (nSPS) is 10.6. The second-order valence-corrected chi connectivity index (χ2v) is 3.52. The van der Waals surface area contributed by atoms with Crippen molar-refractivity contribution in [1.82, 2.24) is 4.90 Å². The van der Waals surface area contributed by atoms with Gasteiger partial charge in [-0.05, 0) is 24.7 Å². The molecule has 0 aliphatic rings. The zero-order valence-corrected chi connectivity index (χ0v) is 8.59. The molecule has 0 atom stereocenters. The number of aldehydes is 1. The Morgan fingerprint density at radius 3 is 2.86 bits per heavy atom. The van der Waals surface area contributed by atoms with Gasteiger partial charge in [-0.15, -0.1) is 0 Å². The van der Waals surface area contributed by atoms with Gasteiger partial charge in [0.1, 0.15) is 12.1 Å². The van der Waals surface area contributed by atoms with Crippen LogP contribution < -0.4 is 0 Å². The summed E-state index contributed by atoms with van der Waals surface area (Å²) in [5, 5.41) is 0.113. The lowest BCUT2D eigenvalue weighted by Crippen LogP contribution is -2.19. The molecule has 0 fully saturated rings. The van der Waals surface area contributed by atoms with Crippen molar-refractivity contribution < 1.29 is 9.18 Å². The maximum absolute atomic E-state index is 12.8. The predicted octanol–water partition coefficient (Wildman–Crippen LogP) is 2.11. The number of hydrogen-bond acceptors (Lipinski definition) is 2. The van der Waals surface area contributed by atoms with Crippen molar-refractivity contribution in [2.45, 2.75) is 6.54 Å². The molecule has 0 amide bonds. The van der Waals surface area contributed by atoms with Gasteiger partial charge in [-0.25, -0.2) is 4.39 Å². The minimum Gasteiger partial charge on any atom is -0.302 e. The van der Waals surface area contributed by atoms with E-state index in [0.717, 1.165) is 11.8 Å². The smallest absolute Gasteiger partial charge is 0.141 e. The first kappa shape index (κ1) is 11.1. The Morgan fingerprint density at radius 1 is 1.57 bits per heavy atom. The molecule has 0 spiro atoms. The van der Waals surface area contributed by atoms with Crippen molar-refractivity contribution in [2.24, 2.45) is 0 Å². The number of carbonyl (C=O) groups excluding carboxylic acids is 1. The van der Waals surface area contributed by atoms with Crippen LogP contribution in [0.25, 0.3) is 0 Å². The third-order valence-corrected chi connectivity index (χ3v) is 2.11. The maximum Gasteiger partial charge on any atom is 0.141 e. The maximum atomic E-state index is 12.8. The molecule has 0 saturated heterocycles. The van der Waals surface area contributed by atoms with Crippen molar-refractivity contribution in [3.05, 3.63) is 34.6 Å². The van der Waals surface area contributed by atoms with Crippen molar-refractivity contribution >= 4 is 17.9 Å². The Morgan fingerprint density at radius 2 is 2.29 bits per heavy atom. The summed E-state index contributed by atoms with van der Waals surface area (Å²) >= 11 is 5.61. The second kappa shape index (κ2) is 5.08. The first-order valence-corrected chi connectivity index (χ1v) is 4.57. The van der Waals surface area contributed by atoms with Gasteiger partial charge >= 0.3 is 0 Å². The summed E-state index contributed by atoms with van der Waals surface area (Å²) in [7, 11) is 1.81. The standard InChI is InChI=1S/C10H11ClFNO/c1-13(4-5-14)7-8-2-3-10(12)9(11)6-8/h2-3,5-6H,4,7H2,1H3. The summed E-state index contributed by atoms with van der Waals surface area (Å²) in [5.41, 5.74) is 0.890. The molecule has 1 aromatic rings. The van der Waals surface area contributed by atoms with E-state index in [2.05, 4.69) is 0 Å². The van der Waals surface area contributed by atoms with Gasteiger partial charge in [-0.3, -0.25) is 4.90 Å². The summed E-state index contributed by atoms with van der Waals surface area (Å²) in [4.78, 5) is 12.0. The fourth-order valence-electron chi connectivity index (χ4n) is 1.14. The highest BCUT2D eigenvalue weighted by Crippen LogP contribution is 2.16. The third-order valence-electron chi connectivity index (χ3n) is 1.82. The van der Waals surface area contributed by atoms with Crippen LogP contribution in [0.15, 0.2) is 18.2 Å². The van der Waals surface area contributed by atoms with Crippen LogP contribution in [-0.4, -0.2) is 24.8 Å². The molecule has 0 saturated carbocycles. The number of rotatable bonds is 4. The lowest BCUT2D eigenvalue weighted by Gasteiger charge is -2.12. The zero-order chi connectivity index (χ0) is 10.6. The fourth-order valence-corrected chi connectivity index (χ4v) is 1.34. The van der Waals surface area contributed by atoms with E-state index >= 15 is 0 Å². The molecule has 0 aliphatic carbocycles. The molecule has 0 unspecified atom stereocenters. The SMILES string of the molecule is CN(CC=O)Cc1ccc(F)c(Cl)c1. The summed E-state index contributed by atoms with van der Waals surface area (Å²) in [6, 6.07) is 4.55. The van der Waals surface area contributed by atoms with E-state index in [-0.39, 0.29) is 5.02 Å². The number of benzene rings is 1. The molecule has 76 valence electrons. The van der Waals surface area contributed by atoms with Crippen LogP contribution in [0.1, 0.15) is 5.56 Å². The van der Waals surface area contributed by atoms with Gasteiger partial charge < -0.3 is 4.79 Å². The van der Waals surface area contributed by atoms with Crippen LogP contribution in [0.2, 0.25) is 5.02 Å². The minimum absolute atomic E-state index is 0.113. The lowest BCUT2D eigenvalue weighted by atomic mass is 10.2. The Bertz CT molecular complexity index is 330. The monoisotopic (exact) mass is 215 g/mol. The predicted molar refractivity (Wildman–Crippen MR) is 53.8 cm³/mol. The Labute approximate surface area is 87.3 Å². The van der Waals surface area contributed by atoms with Gasteiger partial charge in [0, 0.05) is 6.54 Å². The first-order chi connectivity index (χ1) is 6.63. The lowest BCUT2D eigenvalue weighted by molar-refractivity contribution is -0.108. The number of likely N-dealkylation sites (N-methyl/N-ethyl adjacent to an activating group) is 1. The van der Waals surface area contributed by atoms with Crippen LogP contribution in [0.3, 0.4) is 0 Å². The van der Waals surface area contributed by atoms with Gasteiger partial charge in [0.15, 0.2) is 0 Å². The number of hydrogen-bond donors (Lipinski definition) is 0. The molecule has 0 radical (unpaired) electrons. The van der Waals surface area contributed by atoms with E-state index in [1.165, 1.54) is 6.07 Å². The topological polar surface area (TPSA) is 20.3 Å². The van der Waals surface area contributed by atoms with E-state index in [0.29, 0.717) is 13.1 Å². The van der Waals surface area contributed by atoms with Gasteiger partial charge in [0.25, 0.3) is 0 Å². The Hall–Kier alpha value is -0.930. The van der Waals surface area contributed by atoms with Gasteiger partial charge in [0.05, 0.1) is 11.6 Å². The summed E-state index contributed by atoms with van der Waals surface area (Å²) in [6.07, 6.45) is 0.825. The van der Waals surface area contributed by atoms with Crippen molar-refractivity contribution in [3.8, 4) is 0 Å². The van der Waals surface area contributed by atoms with E-state index in [1.807, 2.05) is 11.9 Å². The van der Waals surface area contributed by atoms with Crippen molar-refractivity contribution in [2.75, 3.05) is 13.6 Å². The van der Waals surface area contributed by atoms with E-state index < -0.39 is 5.82 Å². The van der Waals surface area contributed by atoms with Crippen LogP contribution >= 0.6 is 11.6 Å². The molecule has 14 heavy (non-hydrogen) atoms. The molecule has 0 N–H and O–H groups in total. The summed E-state index contributed by atoms with van der Waals surface area (Å²) < 4.78 is 12.8. The van der Waals surface area contributed by atoms with Crippen LogP contribution in [0.5, 0.6) is 0 Å². The number of halogens is 2. The van der Waals surface area contributed by atoms with E-state index in [4.69, 9.17) is 11.6 Å². The fraction of sp³-hybridized carbons (Fsp3) is 0.300. The molecular weight excluding hydrogens is 205 g/mol. The van der Waals surface area contributed by atoms with Crippen LogP contribution in [-0.2, 0) is 11.3 Å². The minimum atomic E-state index is -0.423. The second-order valence-electron chi connectivity index (χ2n) is 3.11.